The van der Waals surface area contributed by atoms with Crippen LogP contribution in [0.3, 0.4) is 0 Å². The van der Waals surface area contributed by atoms with E-state index in [2.05, 4.69) is 28.2 Å². The van der Waals surface area contributed by atoms with Gasteiger partial charge in [-0.25, -0.2) is 0 Å². The van der Waals surface area contributed by atoms with Crippen LogP contribution < -0.4 is 5.32 Å². The van der Waals surface area contributed by atoms with Crippen LogP contribution in [-0.4, -0.2) is 29.3 Å². The van der Waals surface area contributed by atoms with E-state index in [1.54, 1.807) is 4.90 Å². The summed E-state index contributed by atoms with van der Waals surface area (Å²) in [5, 5.41) is 3.07. The normalized spacial score (nSPS) is 11.6. The third-order valence-corrected chi connectivity index (χ3v) is 6.31. The third kappa shape index (κ3) is 8.14. The highest BCUT2D eigenvalue weighted by molar-refractivity contribution is 9.10. The van der Waals surface area contributed by atoms with Gasteiger partial charge in [0.15, 0.2) is 0 Å². The van der Waals surface area contributed by atoms with E-state index in [9.17, 15) is 9.59 Å². The summed E-state index contributed by atoms with van der Waals surface area (Å²) in [5.74, 6) is -0.115. The van der Waals surface area contributed by atoms with Crippen LogP contribution in [0.25, 0.3) is 0 Å². The molecule has 3 aromatic carbocycles. The van der Waals surface area contributed by atoms with Gasteiger partial charge < -0.3 is 10.2 Å². The maximum atomic E-state index is 13.6. The molecule has 0 heterocycles. The lowest BCUT2D eigenvalue weighted by molar-refractivity contribution is -0.141. The summed E-state index contributed by atoms with van der Waals surface area (Å²) < 4.78 is 0.952. The summed E-state index contributed by atoms with van der Waals surface area (Å²) in [5.41, 5.74) is 3.14. The fourth-order valence-corrected chi connectivity index (χ4v) is 4.38. The Morgan fingerprint density at radius 3 is 2.18 bits per heavy atom. The Balaban J connectivity index is 1.87. The van der Waals surface area contributed by atoms with Crippen LogP contribution in [0, 0.1) is 0 Å². The predicted octanol–water partition coefficient (Wildman–Crippen LogP) is 5.94. The molecule has 0 spiro atoms. The second-order valence-corrected chi connectivity index (χ2v) is 9.40. The Bertz CT molecular complexity index is 1040. The van der Waals surface area contributed by atoms with E-state index in [0.29, 0.717) is 32.4 Å². The number of rotatable bonds is 12. The highest BCUT2D eigenvalue weighted by Crippen LogP contribution is 2.19. The van der Waals surface area contributed by atoms with Gasteiger partial charge in [-0.15, -0.1) is 0 Å². The number of hydrogen-bond acceptors (Lipinski definition) is 2. The highest BCUT2D eigenvalue weighted by Gasteiger charge is 2.30. The van der Waals surface area contributed by atoms with Crippen molar-refractivity contribution in [3.05, 3.63) is 106 Å². The smallest absolute Gasteiger partial charge is 0.243 e. The fourth-order valence-electron chi connectivity index (χ4n) is 3.93. The molecular weight excluding hydrogens is 488 g/mol. The van der Waals surface area contributed by atoms with E-state index in [1.165, 1.54) is 0 Å². The molecule has 0 saturated carbocycles. The zero-order valence-corrected chi connectivity index (χ0v) is 21.3. The first-order valence-corrected chi connectivity index (χ1v) is 12.8. The van der Waals surface area contributed by atoms with Crippen LogP contribution in [0.15, 0.2) is 89.4 Å². The Morgan fingerprint density at radius 1 is 0.882 bits per heavy atom. The Hall–Kier alpha value is -2.92. The summed E-state index contributed by atoms with van der Waals surface area (Å²) >= 11 is 3.53. The molecule has 3 rings (SSSR count). The van der Waals surface area contributed by atoms with Gasteiger partial charge in [-0.2, -0.15) is 0 Å². The minimum absolute atomic E-state index is 0.0181. The van der Waals surface area contributed by atoms with Crippen LogP contribution in [0.5, 0.6) is 0 Å². The first-order chi connectivity index (χ1) is 16.6. The molecule has 5 heteroatoms. The molecule has 178 valence electrons. The SMILES string of the molecule is CCCCNC(=O)C(Cc1ccccc1)N(Cc1cccc(Br)c1)C(=O)CCc1ccccc1. The second-order valence-electron chi connectivity index (χ2n) is 8.49. The van der Waals surface area contributed by atoms with Crippen molar-refractivity contribution >= 4 is 27.7 Å². The van der Waals surface area contributed by atoms with Crippen molar-refractivity contribution in [3.8, 4) is 0 Å². The minimum Gasteiger partial charge on any atom is -0.354 e. The largest absolute Gasteiger partial charge is 0.354 e. The molecule has 1 unspecified atom stereocenters. The fraction of sp³-hybridized carbons (Fsp3) is 0.310. The number of nitrogens with one attached hydrogen (secondary N) is 1. The molecule has 0 radical (unpaired) electrons. The lowest BCUT2D eigenvalue weighted by atomic mass is 10.0. The molecule has 1 atom stereocenters. The molecule has 3 aromatic rings. The molecule has 0 saturated heterocycles. The van der Waals surface area contributed by atoms with Crippen LogP contribution in [-0.2, 0) is 29.0 Å². The number of amides is 2. The molecule has 0 bridgehead atoms. The summed E-state index contributed by atoms with van der Waals surface area (Å²) in [6.45, 7) is 3.09. The average molecular weight is 521 g/mol. The first-order valence-electron chi connectivity index (χ1n) is 12.0. The Kier molecular flexibility index (Phi) is 10.4. The highest BCUT2D eigenvalue weighted by atomic mass is 79.9. The summed E-state index contributed by atoms with van der Waals surface area (Å²) in [4.78, 5) is 28.8. The molecule has 0 aliphatic carbocycles. The van der Waals surface area contributed by atoms with Gasteiger partial charge in [0.05, 0.1) is 0 Å². The van der Waals surface area contributed by atoms with E-state index in [1.807, 2.05) is 84.9 Å². The number of carbonyl (C=O) groups excluding carboxylic acids is 2. The molecule has 4 nitrogen and oxygen atoms in total. The standard InChI is InChI=1S/C29H33BrN2O2/c1-2-3-19-31-29(34)27(21-24-13-8-5-9-14-24)32(22-25-15-10-16-26(30)20-25)28(33)18-17-23-11-6-4-7-12-23/h4-16,20,27H,2-3,17-19,21-22H2,1H3,(H,31,34). The van der Waals surface area contributed by atoms with E-state index in [4.69, 9.17) is 0 Å². The van der Waals surface area contributed by atoms with Gasteiger partial charge in [-0.05, 0) is 41.7 Å². The maximum Gasteiger partial charge on any atom is 0.243 e. The van der Waals surface area contributed by atoms with Crippen molar-refractivity contribution in [1.82, 2.24) is 10.2 Å². The number of halogens is 1. The number of nitrogens with zero attached hydrogens (tertiary/aromatic N) is 1. The molecule has 0 aromatic heterocycles. The van der Waals surface area contributed by atoms with Crippen molar-refractivity contribution in [2.24, 2.45) is 0 Å². The van der Waals surface area contributed by atoms with Gasteiger partial charge in [0, 0.05) is 30.4 Å². The van der Waals surface area contributed by atoms with Gasteiger partial charge in [0.25, 0.3) is 0 Å². The molecule has 34 heavy (non-hydrogen) atoms. The van der Waals surface area contributed by atoms with Gasteiger partial charge in [0.1, 0.15) is 6.04 Å². The zero-order chi connectivity index (χ0) is 24.2. The quantitative estimate of drug-likeness (QED) is 0.300. The summed E-state index contributed by atoms with van der Waals surface area (Å²) in [6, 6.07) is 27.3. The van der Waals surface area contributed by atoms with Crippen molar-refractivity contribution in [2.75, 3.05) is 6.54 Å². The molecular formula is C29H33BrN2O2. The van der Waals surface area contributed by atoms with Gasteiger partial charge in [0.2, 0.25) is 11.8 Å². The van der Waals surface area contributed by atoms with Crippen LogP contribution in [0.4, 0.5) is 0 Å². The van der Waals surface area contributed by atoms with Gasteiger partial charge in [-0.1, -0.05) is 102 Å². The van der Waals surface area contributed by atoms with E-state index >= 15 is 0 Å². The summed E-state index contributed by atoms with van der Waals surface area (Å²) in [6.07, 6.45) is 3.39. The second kappa shape index (κ2) is 13.7. The molecule has 0 aliphatic rings. The summed E-state index contributed by atoms with van der Waals surface area (Å²) in [7, 11) is 0. The number of aryl methyl sites for hydroxylation is 1. The van der Waals surface area contributed by atoms with Crippen LogP contribution in [0.2, 0.25) is 0 Å². The molecule has 2 amide bonds. The van der Waals surface area contributed by atoms with Crippen molar-refractivity contribution in [3.63, 3.8) is 0 Å². The van der Waals surface area contributed by atoms with E-state index in [-0.39, 0.29) is 11.8 Å². The Morgan fingerprint density at radius 2 is 1.53 bits per heavy atom. The van der Waals surface area contributed by atoms with E-state index in [0.717, 1.165) is 34.0 Å². The Labute approximate surface area is 211 Å². The lowest BCUT2D eigenvalue weighted by Crippen LogP contribution is -2.50. The molecule has 1 N–H and O–H groups in total. The topological polar surface area (TPSA) is 49.4 Å². The minimum atomic E-state index is -0.582. The number of benzene rings is 3. The van der Waals surface area contributed by atoms with Gasteiger partial charge >= 0.3 is 0 Å². The number of hydrogen-bond donors (Lipinski definition) is 1. The van der Waals surface area contributed by atoms with Crippen molar-refractivity contribution in [2.45, 2.75) is 51.6 Å². The predicted molar refractivity (Wildman–Crippen MR) is 141 cm³/mol. The molecule has 0 aliphatic heterocycles. The third-order valence-electron chi connectivity index (χ3n) is 5.81. The van der Waals surface area contributed by atoms with Crippen molar-refractivity contribution < 1.29 is 9.59 Å². The lowest BCUT2D eigenvalue weighted by Gasteiger charge is -2.32. The van der Waals surface area contributed by atoms with Crippen LogP contribution in [0.1, 0.15) is 42.9 Å². The monoisotopic (exact) mass is 520 g/mol. The first kappa shape index (κ1) is 25.7. The van der Waals surface area contributed by atoms with Crippen LogP contribution >= 0.6 is 15.9 Å². The van der Waals surface area contributed by atoms with Gasteiger partial charge in [-0.3, -0.25) is 9.59 Å². The van der Waals surface area contributed by atoms with E-state index < -0.39 is 6.04 Å². The van der Waals surface area contributed by atoms with Crippen molar-refractivity contribution in [1.29, 1.82) is 0 Å². The number of carbonyl (C=O) groups is 2. The molecule has 0 fully saturated rings. The maximum absolute atomic E-state index is 13.6. The number of unbranched alkanes of at least 4 members (excludes halogenated alkanes) is 1. The zero-order valence-electron chi connectivity index (χ0n) is 19.8. The average Bonchev–Trinajstić information content (AvgIpc) is 2.86.